The molecule has 0 saturated carbocycles. The summed E-state index contributed by atoms with van der Waals surface area (Å²) in [4.78, 5) is 16.4. The van der Waals surface area contributed by atoms with E-state index < -0.39 is 6.04 Å². The Labute approximate surface area is 156 Å². The van der Waals surface area contributed by atoms with E-state index in [1.165, 1.54) is 0 Å². The van der Waals surface area contributed by atoms with Gasteiger partial charge in [0.25, 0.3) is 0 Å². The predicted molar refractivity (Wildman–Crippen MR) is 101 cm³/mol. The van der Waals surface area contributed by atoms with Crippen LogP contribution < -0.4 is 10.6 Å². The summed E-state index contributed by atoms with van der Waals surface area (Å²) in [7, 11) is 1.95. The number of anilines is 1. The molecular formula is C18H22BrN5O. The molecule has 1 aromatic heterocycles. The van der Waals surface area contributed by atoms with Crippen LogP contribution >= 0.6 is 15.9 Å². The summed E-state index contributed by atoms with van der Waals surface area (Å²) in [6.07, 6.45) is 3.85. The first kappa shape index (κ1) is 17.8. The third-order valence-corrected chi connectivity index (χ3v) is 5.15. The molecule has 1 aliphatic rings. The van der Waals surface area contributed by atoms with Crippen molar-refractivity contribution in [3.8, 4) is 0 Å². The lowest BCUT2D eigenvalue weighted by molar-refractivity contribution is -0.123. The van der Waals surface area contributed by atoms with E-state index in [1.807, 2.05) is 48.3 Å². The summed E-state index contributed by atoms with van der Waals surface area (Å²) in [6, 6.07) is 11.5. The molecule has 2 unspecified atom stereocenters. The van der Waals surface area contributed by atoms with Crippen molar-refractivity contribution in [2.75, 3.05) is 25.0 Å². The van der Waals surface area contributed by atoms with Gasteiger partial charge >= 0.3 is 0 Å². The van der Waals surface area contributed by atoms with E-state index >= 15 is 0 Å². The number of carbonyl (C=O) groups excluding carboxylic acids is 1. The number of halogens is 1. The van der Waals surface area contributed by atoms with Crippen molar-refractivity contribution in [2.24, 2.45) is 5.73 Å². The summed E-state index contributed by atoms with van der Waals surface area (Å²) in [5.41, 5.74) is 6.60. The maximum atomic E-state index is 12.1. The van der Waals surface area contributed by atoms with Gasteiger partial charge in [-0.1, -0.05) is 28.1 Å². The molecule has 132 valence electrons. The first-order valence-electron chi connectivity index (χ1n) is 8.35. The van der Waals surface area contributed by atoms with Crippen molar-refractivity contribution in [1.29, 1.82) is 0 Å². The van der Waals surface area contributed by atoms with Crippen LogP contribution in [0, 0.1) is 0 Å². The normalized spacial score (nSPS) is 18.5. The molecule has 2 N–H and O–H groups in total. The Balaban J connectivity index is 1.75. The van der Waals surface area contributed by atoms with Crippen LogP contribution in [0.5, 0.6) is 0 Å². The molecule has 1 aliphatic heterocycles. The molecule has 2 aromatic rings. The highest BCUT2D eigenvalue weighted by atomic mass is 79.9. The molecule has 2 heterocycles. The minimum Gasteiger partial charge on any atom is -0.368 e. The molecule has 1 fully saturated rings. The van der Waals surface area contributed by atoms with Crippen LogP contribution in [-0.2, 0) is 4.79 Å². The van der Waals surface area contributed by atoms with Crippen molar-refractivity contribution in [3.63, 3.8) is 0 Å². The number of amides is 1. The number of nitrogens with two attached hydrogens (primary N) is 1. The van der Waals surface area contributed by atoms with E-state index in [9.17, 15) is 4.79 Å². The van der Waals surface area contributed by atoms with Crippen LogP contribution in [0.3, 0.4) is 0 Å². The lowest BCUT2D eigenvalue weighted by Gasteiger charge is -2.32. The second kappa shape index (κ2) is 7.93. The fourth-order valence-corrected chi connectivity index (χ4v) is 3.76. The number of aromatic nitrogens is 2. The molecular weight excluding hydrogens is 382 g/mol. The summed E-state index contributed by atoms with van der Waals surface area (Å²) in [5, 5.41) is 8.20. The van der Waals surface area contributed by atoms with Crippen LogP contribution in [0.2, 0.25) is 0 Å². The lowest BCUT2D eigenvalue weighted by Crippen LogP contribution is -2.44. The van der Waals surface area contributed by atoms with Crippen molar-refractivity contribution >= 4 is 27.7 Å². The summed E-state index contributed by atoms with van der Waals surface area (Å²) in [5.74, 6) is 0.548. The van der Waals surface area contributed by atoms with Crippen LogP contribution in [-0.4, -0.2) is 47.2 Å². The fraction of sp³-hybridized carbons (Fsp3) is 0.389. The van der Waals surface area contributed by atoms with E-state index in [2.05, 4.69) is 31.0 Å². The van der Waals surface area contributed by atoms with Crippen LogP contribution in [0.15, 0.2) is 47.1 Å². The Morgan fingerprint density at radius 3 is 2.80 bits per heavy atom. The van der Waals surface area contributed by atoms with E-state index in [-0.39, 0.29) is 5.91 Å². The first-order valence-corrected chi connectivity index (χ1v) is 9.15. The SMILES string of the molecule is CN(CC1CCCN1c1cccnn1)C(C(N)=O)c1ccc(Br)cc1. The number of likely N-dealkylation sites (N-methyl/N-ethyl adjacent to an activating group) is 1. The van der Waals surface area contributed by atoms with E-state index in [4.69, 9.17) is 5.73 Å². The van der Waals surface area contributed by atoms with Crippen LogP contribution in [0.4, 0.5) is 5.82 Å². The van der Waals surface area contributed by atoms with Gasteiger partial charge in [0.1, 0.15) is 6.04 Å². The molecule has 6 nitrogen and oxygen atoms in total. The lowest BCUT2D eigenvalue weighted by atomic mass is 10.0. The van der Waals surface area contributed by atoms with Gasteiger partial charge in [0.05, 0.1) is 0 Å². The number of primary amides is 1. The highest BCUT2D eigenvalue weighted by molar-refractivity contribution is 9.10. The highest BCUT2D eigenvalue weighted by Gasteiger charge is 2.31. The van der Waals surface area contributed by atoms with Crippen molar-refractivity contribution in [2.45, 2.75) is 24.9 Å². The zero-order valence-electron chi connectivity index (χ0n) is 14.2. The zero-order chi connectivity index (χ0) is 17.8. The second-order valence-corrected chi connectivity index (χ2v) is 7.28. The third kappa shape index (κ3) is 4.16. The van der Waals surface area contributed by atoms with E-state index in [0.717, 1.165) is 41.8 Å². The van der Waals surface area contributed by atoms with Gasteiger partial charge in [-0.15, -0.1) is 5.10 Å². The van der Waals surface area contributed by atoms with E-state index in [1.54, 1.807) is 6.20 Å². The Hall–Kier alpha value is -1.99. The molecule has 1 aromatic carbocycles. The molecule has 3 rings (SSSR count). The summed E-state index contributed by atoms with van der Waals surface area (Å²) >= 11 is 3.42. The Morgan fingerprint density at radius 2 is 2.16 bits per heavy atom. The Bertz CT molecular complexity index is 709. The molecule has 7 heteroatoms. The topological polar surface area (TPSA) is 75.3 Å². The van der Waals surface area contributed by atoms with Gasteiger partial charge < -0.3 is 10.6 Å². The van der Waals surface area contributed by atoms with Gasteiger partial charge in [0, 0.05) is 29.8 Å². The molecule has 0 spiro atoms. The average Bonchev–Trinajstić information content (AvgIpc) is 3.05. The minimum atomic E-state index is -0.447. The molecule has 1 amide bonds. The maximum absolute atomic E-state index is 12.1. The van der Waals surface area contributed by atoms with Crippen molar-refractivity contribution in [3.05, 3.63) is 52.6 Å². The van der Waals surface area contributed by atoms with Gasteiger partial charge in [-0.2, -0.15) is 5.10 Å². The Kier molecular flexibility index (Phi) is 5.65. The van der Waals surface area contributed by atoms with Gasteiger partial charge in [-0.3, -0.25) is 9.69 Å². The molecule has 0 radical (unpaired) electrons. The average molecular weight is 404 g/mol. The van der Waals surface area contributed by atoms with Crippen molar-refractivity contribution < 1.29 is 4.79 Å². The summed E-state index contributed by atoms with van der Waals surface area (Å²) < 4.78 is 0.978. The number of hydrogen-bond acceptors (Lipinski definition) is 5. The highest BCUT2D eigenvalue weighted by Crippen LogP contribution is 2.27. The molecule has 0 bridgehead atoms. The standard InChI is InChI=1S/C18H22BrN5O/c1-23(17(18(20)25)13-6-8-14(19)9-7-13)12-15-4-3-11-24(15)16-5-2-10-21-22-16/h2,5-10,15,17H,3-4,11-12H2,1H3,(H2,20,25). The van der Waals surface area contributed by atoms with Gasteiger partial charge in [-0.25, -0.2) is 0 Å². The number of benzene rings is 1. The third-order valence-electron chi connectivity index (χ3n) is 4.62. The summed E-state index contributed by atoms with van der Waals surface area (Å²) in [6.45, 7) is 1.69. The smallest absolute Gasteiger partial charge is 0.239 e. The first-order chi connectivity index (χ1) is 12.1. The van der Waals surface area contributed by atoms with Gasteiger partial charge in [0.15, 0.2) is 5.82 Å². The molecule has 25 heavy (non-hydrogen) atoms. The minimum absolute atomic E-state index is 0.291. The zero-order valence-corrected chi connectivity index (χ0v) is 15.8. The molecule has 2 atom stereocenters. The molecule has 1 saturated heterocycles. The number of carbonyl (C=O) groups is 1. The van der Waals surface area contributed by atoms with Crippen LogP contribution in [0.25, 0.3) is 0 Å². The molecule has 0 aliphatic carbocycles. The van der Waals surface area contributed by atoms with Crippen LogP contribution in [0.1, 0.15) is 24.4 Å². The predicted octanol–water partition coefficient (Wildman–Crippen LogP) is 2.37. The second-order valence-electron chi connectivity index (χ2n) is 6.37. The largest absolute Gasteiger partial charge is 0.368 e. The number of hydrogen-bond donors (Lipinski definition) is 1. The fourth-order valence-electron chi connectivity index (χ4n) is 3.49. The monoisotopic (exact) mass is 403 g/mol. The number of nitrogens with zero attached hydrogens (tertiary/aromatic N) is 4. The Morgan fingerprint density at radius 1 is 1.40 bits per heavy atom. The van der Waals surface area contributed by atoms with Gasteiger partial charge in [0.2, 0.25) is 5.91 Å². The number of rotatable bonds is 6. The quantitative estimate of drug-likeness (QED) is 0.800. The van der Waals surface area contributed by atoms with E-state index in [0.29, 0.717) is 6.04 Å². The van der Waals surface area contributed by atoms with Crippen molar-refractivity contribution in [1.82, 2.24) is 15.1 Å². The van der Waals surface area contributed by atoms with Gasteiger partial charge in [-0.05, 0) is 49.7 Å². The maximum Gasteiger partial charge on any atom is 0.239 e.